The van der Waals surface area contributed by atoms with E-state index in [1.165, 1.54) is 23.0 Å². The summed E-state index contributed by atoms with van der Waals surface area (Å²) in [6.07, 6.45) is 4.23. The molecule has 0 bridgehead atoms. The van der Waals surface area contributed by atoms with E-state index in [0.29, 0.717) is 44.0 Å². The molecule has 0 aliphatic rings. The maximum atomic E-state index is 13.3. The van der Waals surface area contributed by atoms with Gasteiger partial charge in [-0.15, -0.1) is 0 Å². The summed E-state index contributed by atoms with van der Waals surface area (Å²) >= 11 is 0. The van der Waals surface area contributed by atoms with Crippen LogP contribution in [0.1, 0.15) is 16.1 Å². The van der Waals surface area contributed by atoms with E-state index in [0.717, 1.165) is 17.4 Å². The molecule has 3 aromatic heterocycles. The molecule has 0 saturated heterocycles. The van der Waals surface area contributed by atoms with Crippen molar-refractivity contribution in [1.29, 1.82) is 0 Å². The molecule has 3 heterocycles. The molecule has 0 unspecified atom stereocenters. The molecule has 0 atom stereocenters. The second kappa shape index (κ2) is 8.35. The normalized spacial score (nSPS) is 11.9. The lowest BCUT2D eigenvalue weighted by Gasteiger charge is -2.15. The van der Waals surface area contributed by atoms with Gasteiger partial charge in [0.05, 0.1) is 27.0 Å². The SMILES string of the molecule is Cc1c(-c2cnc(C(N)=O)c3[nH]c4cc(S(C)(=O)=O)ccc4c23)cccc1-n1cnc2ccccc2c1=O. The largest absolute Gasteiger partial charge is 0.364 e. The van der Waals surface area contributed by atoms with Gasteiger partial charge >= 0.3 is 0 Å². The quantitative estimate of drug-likeness (QED) is 0.359. The lowest BCUT2D eigenvalue weighted by molar-refractivity contribution is 0.0997. The number of sulfone groups is 1. The van der Waals surface area contributed by atoms with Gasteiger partial charge in [0, 0.05) is 34.3 Å². The summed E-state index contributed by atoms with van der Waals surface area (Å²) in [5.74, 6) is -0.712. The standard InChI is InChI=1S/C28H21N5O4S/c1-15-17(7-5-9-23(15)33-14-31-21-8-4-3-6-19(21)28(33)35)20-13-30-26(27(29)34)25-24(20)18-11-10-16(38(2,36)37)12-22(18)32-25/h3-14,32H,1-2H3,(H2,29,34). The molecular formula is C28H21N5O4S. The minimum Gasteiger partial charge on any atom is -0.364 e. The summed E-state index contributed by atoms with van der Waals surface area (Å²) < 4.78 is 25.8. The molecule has 6 rings (SSSR count). The fraction of sp³-hybridized carbons (Fsp3) is 0.0714. The molecule has 0 aliphatic carbocycles. The zero-order chi connectivity index (χ0) is 26.8. The Morgan fingerprint density at radius 1 is 0.974 bits per heavy atom. The lowest BCUT2D eigenvalue weighted by Crippen LogP contribution is -2.19. The van der Waals surface area contributed by atoms with Gasteiger partial charge in [-0.2, -0.15) is 0 Å². The number of primary amides is 1. The fourth-order valence-corrected chi connectivity index (χ4v) is 5.58. The third-order valence-corrected chi connectivity index (χ3v) is 7.89. The molecule has 0 spiro atoms. The van der Waals surface area contributed by atoms with Gasteiger partial charge in [-0.25, -0.2) is 18.4 Å². The van der Waals surface area contributed by atoms with Crippen LogP contribution in [-0.2, 0) is 9.84 Å². The van der Waals surface area contributed by atoms with E-state index >= 15 is 0 Å². The van der Waals surface area contributed by atoms with Crippen LogP contribution in [-0.4, -0.2) is 40.1 Å². The second-order valence-electron chi connectivity index (χ2n) is 9.13. The van der Waals surface area contributed by atoms with E-state index in [1.807, 2.05) is 31.2 Å². The molecular weight excluding hydrogens is 502 g/mol. The number of H-pyrrole nitrogens is 1. The van der Waals surface area contributed by atoms with Crippen molar-refractivity contribution in [3.63, 3.8) is 0 Å². The summed E-state index contributed by atoms with van der Waals surface area (Å²) in [6, 6.07) is 17.5. The van der Waals surface area contributed by atoms with E-state index < -0.39 is 15.7 Å². The number of nitrogens with zero attached hydrogens (tertiary/aromatic N) is 3. The van der Waals surface area contributed by atoms with Gasteiger partial charge < -0.3 is 10.7 Å². The van der Waals surface area contributed by atoms with Crippen molar-refractivity contribution in [2.75, 3.05) is 6.26 Å². The number of aromatic amines is 1. The first kappa shape index (κ1) is 23.6. The molecule has 38 heavy (non-hydrogen) atoms. The Kier molecular flexibility index (Phi) is 5.18. The van der Waals surface area contributed by atoms with Crippen LogP contribution in [0, 0.1) is 6.92 Å². The molecule has 0 fully saturated rings. The van der Waals surface area contributed by atoms with Crippen molar-refractivity contribution in [3.05, 3.63) is 94.8 Å². The predicted molar refractivity (Wildman–Crippen MR) is 146 cm³/mol. The third-order valence-electron chi connectivity index (χ3n) is 6.78. The van der Waals surface area contributed by atoms with Crippen LogP contribution in [0.4, 0.5) is 0 Å². The number of hydrogen-bond donors (Lipinski definition) is 2. The Morgan fingerprint density at radius 3 is 2.53 bits per heavy atom. The summed E-state index contributed by atoms with van der Waals surface area (Å²) in [6.45, 7) is 1.90. The molecule has 3 N–H and O–H groups in total. The molecule has 0 radical (unpaired) electrons. The number of amides is 1. The Labute approximate surface area is 216 Å². The maximum absolute atomic E-state index is 13.3. The summed E-state index contributed by atoms with van der Waals surface area (Å²) in [5.41, 5.74) is 9.95. The van der Waals surface area contributed by atoms with Crippen molar-refractivity contribution < 1.29 is 13.2 Å². The van der Waals surface area contributed by atoms with Crippen LogP contribution in [0.3, 0.4) is 0 Å². The Balaban J connectivity index is 1.65. The zero-order valence-corrected chi connectivity index (χ0v) is 21.2. The van der Waals surface area contributed by atoms with Crippen molar-refractivity contribution >= 4 is 48.5 Å². The number of aromatic nitrogens is 4. The number of rotatable bonds is 4. The molecule has 1 amide bonds. The number of nitrogens with two attached hydrogens (primary N) is 1. The number of fused-ring (bicyclic) bond motifs is 4. The lowest BCUT2D eigenvalue weighted by atomic mass is 9.96. The van der Waals surface area contributed by atoms with Gasteiger partial charge in [0.15, 0.2) is 15.5 Å². The van der Waals surface area contributed by atoms with Gasteiger partial charge in [0.1, 0.15) is 6.33 Å². The fourth-order valence-electron chi connectivity index (χ4n) is 4.93. The van der Waals surface area contributed by atoms with Crippen LogP contribution in [0.15, 0.2) is 82.9 Å². The van der Waals surface area contributed by atoms with Crippen molar-refractivity contribution in [1.82, 2.24) is 19.5 Å². The van der Waals surface area contributed by atoms with Crippen LogP contribution in [0.5, 0.6) is 0 Å². The molecule has 0 saturated carbocycles. The number of pyridine rings is 1. The molecule has 10 heteroatoms. The monoisotopic (exact) mass is 523 g/mol. The number of hydrogen-bond acceptors (Lipinski definition) is 6. The second-order valence-corrected chi connectivity index (χ2v) is 11.1. The van der Waals surface area contributed by atoms with E-state index in [-0.39, 0.29) is 16.1 Å². The topological polar surface area (TPSA) is 141 Å². The van der Waals surface area contributed by atoms with Crippen LogP contribution < -0.4 is 11.3 Å². The number of nitrogens with one attached hydrogen (secondary N) is 1. The maximum Gasteiger partial charge on any atom is 0.269 e. The highest BCUT2D eigenvalue weighted by Crippen LogP contribution is 2.38. The Hall–Kier alpha value is -4.83. The third kappa shape index (κ3) is 3.57. The molecule has 6 aromatic rings. The highest BCUT2D eigenvalue weighted by atomic mass is 32.2. The van der Waals surface area contributed by atoms with Gasteiger partial charge in [-0.1, -0.05) is 30.3 Å². The number of carbonyl (C=O) groups is 1. The van der Waals surface area contributed by atoms with Crippen LogP contribution in [0.25, 0.3) is 49.5 Å². The van der Waals surface area contributed by atoms with Gasteiger partial charge in [0.2, 0.25) is 0 Å². The highest BCUT2D eigenvalue weighted by molar-refractivity contribution is 7.90. The van der Waals surface area contributed by atoms with E-state index in [1.54, 1.807) is 30.5 Å². The van der Waals surface area contributed by atoms with Gasteiger partial charge in [-0.05, 0) is 48.4 Å². The highest BCUT2D eigenvalue weighted by Gasteiger charge is 2.21. The number of para-hydroxylation sites is 1. The first-order valence-electron chi connectivity index (χ1n) is 11.7. The smallest absolute Gasteiger partial charge is 0.269 e. The zero-order valence-electron chi connectivity index (χ0n) is 20.4. The molecule has 0 aliphatic heterocycles. The summed E-state index contributed by atoms with van der Waals surface area (Å²) in [5, 5.41) is 1.89. The molecule has 3 aromatic carbocycles. The average molecular weight is 524 g/mol. The predicted octanol–water partition coefficient (Wildman–Crippen LogP) is 3.89. The minimum atomic E-state index is -3.45. The first-order valence-corrected chi connectivity index (χ1v) is 13.6. The Bertz CT molecular complexity index is 2130. The van der Waals surface area contributed by atoms with Gasteiger partial charge in [0.25, 0.3) is 11.5 Å². The average Bonchev–Trinajstić information content (AvgIpc) is 3.27. The van der Waals surface area contributed by atoms with Gasteiger partial charge in [-0.3, -0.25) is 14.2 Å². The van der Waals surface area contributed by atoms with Crippen molar-refractivity contribution in [2.45, 2.75) is 11.8 Å². The minimum absolute atomic E-state index is 0.0459. The first-order chi connectivity index (χ1) is 18.1. The van der Waals surface area contributed by atoms with Crippen LogP contribution >= 0.6 is 0 Å². The van der Waals surface area contributed by atoms with Crippen LogP contribution in [0.2, 0.25) is 0 Å². The number of carbonyl (C=O) groups excluding carboxylic acids is 1. The summed E-state index contributed by atoms with van der Waals surface area (Å²) in [7, 11) is -3.45. The number of benzene rings is 3. The van der Waals surface area contributed by atoms with Crippen molar-refractivity contribution in [3.8, 4) is 16.8 Å². The van der Waals surface area contributed by atoms with E-state index in [9.17, 15) is 18.0 Å². The Morgan fingerprint density at radius 2 is 1.76 bits per heavy atom. The van der Waals surface area contributed by atoms with E-state index in [4.69, 9.17) is 5.73 Å². The van der Waals surface area contributed by atoms with Crippen molar-refractivity contribution in [2.24, 2.45) is 5.73 Å². The van der Waals surface area contributed by atoms with E-state index in [2.05, 4.69) is 15.0 Å². The summed E-state index contributed by atoms with van der Waals surface area (Å²) in [4.78, 5) is 37.6. The molecule has 9 nitrogen and oxygen atoms in total. The molecule has 188 valence electrons.